The van der Waals surface area contributed by atoms with Gasteiger partial charge in [-0.2, -0.15) is 5.10 Å². The first-order chi connectivity index (χ1) is 7.24. The van der Waals surface area contributed by atoms with E-state index < -0.39 is 0 Å². The van der Waals surface area contributed by atoms with Gasteiger partial charge in [0.1, 0.15) is 0 Å². The van der Waals surface area contributed by atoms with Gasteiger partial charge >= 0.3 is 0 Å². The fourth-order valence-corrected chi connectivity index (χ4v) is 1.69. The largest absolute Gasteiger partial charge is 0.356 e. The molecule has 0 aliphatic rings. The van der Waals surface area contributed by atoms with Crippen molar-refractivity contribution in [2.24, 2.45) is 0 Å². The van der Waals surface area contributed by atoms with Crippen LogP contribution in [-0.4, -0.2) is 22.6 Å². The zero-order valence-corrected chi connectivity index (χ0v) is 9.42. The molecule has 1 atom stereocenters. The molecule has 0 aliphatic heterocycles. The summed E-state index contributed by atoms with van der Waals surface area (Å²) in [5.74, 6) is 0.575. The van der Waals surface area contributed by atoms with E-state index in [2.05, 4.69) is 22.4 Å². The van der Waals surface area contributed by atoms with Crippen molar-refractivity contribution < 1.29 is 4.79 Å². The molecular formula is C11H19N3O. The number of H-pyrrole nitrogens is 1. The topological polar surface area (TPSA) is 57.8 Å². The lowest BCUT2D eigenvalue weighted by Crippen LogP contribution is -2.21. The number of carbonyl (C=O) groups is 1. The van der Waals surface area contributed by atoms with E-state index in [1.54, 1.807) is 13.1 Å². The first-order valence-electron chi connectivity index (χ1n) is 5.47. The summed E-state index contributed by atoms with van der Waals surface area (Å²) in [6.07, 6.45) is 4.98. The molecular weight excluding hydrogens is 190 g/mol. The number of carbonyl (C=O) groups excluding carboxylic acids is 1. The lowest BCUT2D eigenvalue weighted by Gasteiger charge is -2.12. The van der Waals surface area contributed by atoms with Crippen LogP contribution in [0.15, 0.2) is 12.3 Å². The predicted octanol–water partition coefficient (Wildman–Crippen LogP) is 1.82. The number of nitrogens with zero attached hydrogens (tertiary/aromatic N) is 1. The van der Waals surface area contributed by atoms with Gasteiger partial charge in [0, 0.05) is 31.3 Å². The Morgan fingerprint density at radius 1 is 1.67 bits per heavy atom. The van der Waals surface area contributed by atoms with Crippen molar-refractivity contribution >= 4 is 5.91 Å². The Morgan fingerprint density at radius 2 is 2.47 bits per heavy atom. The van der Waals surface area contributed by atoms with E-state index in [-0.39, 0.29) is 5.91 Å². The van der Waals surface area contributed by atoms with E-state index in [4.69, 9.17) is 0 Å². The summed E-state index contributed by atoms with van der Waals surface area (Å²) in [4.78, 5) is 10.7. The Balaban J connectivity index is 2.26. The third-order valence-corrected chi connectivity index (χ3v) is 2.56. The van der Waals surface area contributed by atoms with Crippen molar-refractivity contribution in [2.75, 3.05) is 6.54 Å². The molecule has 0 aromatic carbocycles. The van der Waals surface area contributed by atoms with Crippen LogP contribution in [-0.2, 0) is 4.79 Å². The van der Waals surface area contributed by atoms with Crippen molar-refractivity contribution in [1.82, 2.24) is 15.5 Å². The lowest BCUT2D eigenvalue weighted by atomic mass is 9.97. The van der Waals surface area contributed by atoms with Gasteiger partial charge in [-0.3, -0.25) is 9.89 Å². The minimum Gasteiger partial charge on any atom is -0.356 e. The molecule has 1 heterocycles. The fraction of sp³-hybridized carbons (Fsp3) is 0.636. The molecule has 0 spiro atoms. The van der Waals surface area contributed by atoms with Crippen LogP contribution in [0.25, 0.3) is 0 Å². The lowest BCUT2D eigenvalue weighted by molar-refractivity contribution is -0.118. The minimum atomic E-state index is 0.0459. The predicted molar refractivity (Wildman–Crippen MR) is 59.5 cm³/mol. The van der Waals surface area contributed by atoms with Gasteiger partial charge in [0.15, 0.2) is 0 Å². The zero-order valence-electron chi connectivity index (χ0n) is 9.42. The van der Waals surface area contributed by atoms with Crippen LogP contribution in [0, 0.1) is 0 Å². The highest BCUT2D eigenvalue weighted by atomic mass is 16.1. The zero-order chi connectivity index (χ0) is 11.1. The quantitative estimate of drug-likeness (QED) is 0.702. The van der Waals surface area contributed by atoms with Crippen molar-refractivity contribution in [2.45, 2.75) is 39.0 Å². The number of amides is 1. The molecule has 0 saturated carbocycles. The number of nitrogens with one attached hydrogen (secondary N) is 2. The number of aromatic nitrogens is 2. The molecule has 1 unspecified atom stereocenters. The molecule has 1 amide bonds. The molecule has 0 aliphatic carbocycles. The summed E-state index contributed by atoms with van der Waals surface area (Å²) >= 11 is 0. The Bertz CT molecular complexity index is 282. The average Bonchev–Trinajstić information content (AvgIpc) is 2.70. The van der Waals surface area contributed by atoms with Crippen LogP contribution in [0.4, 0.5) is 0 Å². The third-order valence-electron chi connectivity index (χ3n) is 2.56. The Labute approximate surface area is 90.5 Å². The highest BCUT2D eigenvalue weighted by Gasteiger charge is 2.09. The average molecular weight is 209 g/mol. The molecule has 0 fully saturated rings. The van der Waals surface area contributed by atoms with Gasteiger partial charge in [-0.25, -0.2) is 0 Å². The molecule has 0 bridgehead atoms. The first kappa shape index (κ1) is 11.8. The second kappa shape index (κ2) is 6.22. The maximum absolute atomic E-state index is 10.7. The smallest absolute Gasteiger partial charge is 0.216 e. The van der Waals surface area contributed by atoms with E-state index in [1.807, 2.05) is 6.07 Å². The maximum Gasteiger partial charge on any atom is 0.216 e. The highest BCUT2D eigenvalue weighted by molar-refractivity contribution is 5.72. The van der Waals surface area contributed by atoms with E-state index >= 15 is 0 Å². The fourth-order valence-electron chi connectivity index (χ4n) is 1.69. The van der Waals surface area contributed by atoms with Crippen LogP contribution >= 0.6 is 0 Å². The van der Waals surface area contributed by atoms with Gasteiger partial charge in [-0.05, 0) is 25.3 Å². The van der Waals surface area contributed by atoms with Crippen LogP contribution in [0.5, 0.6) is 0 Å². The van der Waals surface area contributed by atoms with Gasteiger partial charge in [-0.1, -0.05) is 6.92 Å². The molecule has 0 saturated heterocycles. The number of hydrogen-bond acceptors (Lipinski definition) is 2. The molecule has 84 valence electrons. The number of hydrogen-bond donors (Lipinski definition) is 2. The van der Waals surface area contributed by atoms with Crippen molar-refractivity contribution in [1.29, 1.82) is 0 Å². The van der Waals surface area contributed by atoms with Crippen molar-refractivity contribution in [3.05, 3.63) is 18.0 Å². The summed E-state index contributed by atoms with van der Waals surface area (Å²) in [5, 5.41) is 9.76. The van der Waals surface area contributed by atoms with Crippen LogP contribution in [0.3, 0.4) is 0 Å². The summed E-state index contributed by atoms with van der Waals surface area (Å²) < 4.78 is 0. The van der Waals surface area contributed by atoms with Crippen molar-refractivity contribution in [3.63, 3.8) is 0 Å². The SMILES string of the molecule is CCC(CCCNC(C)=O)c1ccn[nH]1. The van der Waals surface area contributed by atoms with E-state index in [0.29, 0.717) is 5.92 Å². The van der Waals surface area contributed by atoms with Crippen molar-refractivity contribution in [3.8, 4) is 0 Å². The van der Waals surface area contributed by atoms with E-state index in [1.165, 1.54) is 5.69 Å². The molecule has 1 aromatic heterocycles. The Morgan fingerprint density at radius 3 is 3.00 bits per heavy atom. The second-order valence-electron chi connectivity index (χ2n) is 3.74. The third kappa shape index (κ3) is 4.14. The van der Waals surface area contributed by atoms with E-state index in [9.17, 15) is 4.79 Å². The van der Waals surface area contributed by atoms with Gasteiger partial charge in [0.2, 0.25) is 5.91 Å². The number of aromatic amines is 1. The second-order valence-corrected chi connectivity index (χ2v) is 3.74. The van der Waals surface area contributed by atoms with Gasteiger partial charge in [0.25, 0.3) is 0 Å². The summed E-state index contributed by atoms with van der Waals surface area (Å²) in [5.41, 5.74) is 1.19. The summed E-state index contributed by atoms with van der Waals surface area (Å²) in [6.45, 7) is 4.48. The van der Waals surface area contributed by atoms with Crippen LogP contribution < -0.4 is 5.32 Å². The monoisotopic (exact) mass is 209 g/mol. The molecule has 15 heavy (non-hydrogen) atoms. The minimum absolute atomic E-state index is 0.0459. The summed E-state index contributed by atoms with van der Waals surface area (Å²) in [7, 11) is 0. The molecule has 4 nitrogen and oxygen atoms in total. The van der Waals surface area contributed by atoms with Gasteiger partial charge in [-0.15, -0.1) is 0 Å². The summed E-state index contributed by atoms with van der Waals surface area (Å²) in [6, 6.07) is 2.02. The van der Waals surface area contributed by atoms with Gasteiger partial charge < -0.3 is 5.32 Å². The Kier molecular flexibility index (Phi) is 4.87. The highest BCUT2D eigenvalue weighted by Crippen LogP contribution is 2.21. The first-order valence-corrected chi connectivity index (χ1v) is 5.47. The maximum atomic E-state index is 10.7. The normalized spacial score (nSPS) is 12.4. The standard InChI is InChI=1S/C11H19N3O/c1-3-10(11-6-8-13-14-11)5-4-7-12-9(2)15/h6,8,10H,3-5,7H2,1-2H3,(H,12,15)(H,13,14). The van der Waals surface area contributed by atoms with Crippen LogP contribution in [0.1, 0.15) is 44.7 Å². The van der Waals surface area contributed by atoms with Crippen LogP contribution in [0.2, 0.25) is 0 Å². The van der Waals surface area contributed by atoms with E-state index in [0.717, 1.165) is 25.8 Å². The molecule has 2 N–H and O–H groups in total. The molecule has 1 aromatic rings. The molecule has 4 heteroatoms. The molecule has 1 rings (SSSR count). The Hall–Kier alpha value is -1.32. The molecule has 0 radical (unpaired) electrons. The number of rotatable bonds is 6. The van der Waals surface area contributed by atoms with Gasteiger partial charge in [0.05, 0.1) is 0 Å².